The first-order valence-electron chi connectivity index (χ1n) is 8.89. The van der Waals surface area contributed by atoms with Gasteiger partial charge < -0.3 is 15.1 Å². The van der Waals surface area contributed by atoms with Crippen LogP contribution in [0.15, 0.2) is 63.5 Å². The first-order chi connectivity index (χ1) is 14.0. The number of rotatable bonds is 5. The number of fused-ring (bicyclic) bond motifs is 1. The molecule has 29 heavy (non-hydrogen) atoms. The number of amides is 2. The van der Waals surface area contributed by atoms with E-state index in [9.17, 15) is 9.59 Å². The van der Waals surface area contributed by atoms with Crippen molar-refractivity contribution in [3.05, 3.63) is 64.8 Å². The number of carbonyl (C=O) groups excluding carboxylic acids is 2. The summed E-state index contributed by atoms with van der Waals surface area (Å²) in [5.74, 6) is 0.425. The van der Waals surface area contributed by atoms with E-state index < -0.39 is 0 Å². The molecule has 0 fully saturated rings. The maximum atomic E-state index is 12.6. The molecule has 2 N–H and O–H groups in total. The number of nitrogens with zero attached hydrogens (tertiary/aromatic N) is 1. The highest BCUT2D eigenvalue weighted by atomic mass is 79.9. The van der Waals surface area contributed by atoms with Gasteiger partial charge in [-0.25, -0.2) is 4.98 Å². The minimum Gasteiger partial charge on any atom is -0.451 e. The number of carbonyl (C=O) groups is 2. The summed E-state index contributed by atoms with van der Waals surface area (Å²) in [6, 6.07) is 16.5. The van der Waals surface area contributed by atoms with Gasteiger partial charge in [-0.05, 0) is 42.5 Å². The molecule has 0 aliphatic rings. The number of thiazole rings is 1. The van der Waals surface area contributed by atoms with Gasteiger partial charge in [0.05, 0.1) is 10.2 Å². The lowest BCUT2D eigenvalue weighted by molar-refractivity contribution is -0.115. The minimum atomic E-state index is -0.336. The fraction of sp³-hybridized carbons (Fsp3) is 0.0952. The SMILES string of the molecule is CCC(=O)Nc1nc2ccc(NC(=O)c3ccc(-c4ccc(Br)cc4)o3)cc2s1. The molecule has 0 saturated heterocycles. The van der Waals surface area contributed by atoms with Crippen LogP contribution in [-0.2, 0) is 4.79 Å². The fourth-order valence-electron chi connectivity index (χ4n) is 2.69. The van der Waals surface area contributed by atoms with Gasteiger partial charge >= 0.3 is 0 Å². The third kappa shape index (κ3) is 4.38. The molecule has 0 spiro atoms. The van der Waals surface area contributed by atoms with Gasteiger partial charge in [0.15, 0.2) is 10.9 Å². The number of nitrogens with one attached hydrogen (secondary N) is 2. The van der Waals surface area contributed by atoms with Crippen LogP contribution in [0.5, 0.6) is 0 Å². The topological polar surface area (TPSA) is 84.2 Å². The number of anilines is 2. The zero-order valence-corrected chi connectivity index (χ0v) is 17.8. The third-order valence-electron chi connectivity index (χ3n) is 4.17. The van der Waals surface area contributed by atoms with Gasteiger partial charge in [0.1, 0.15) is 5.76 Å². The van der Waals surface area contributed by atoms with Crippen LogP contribution in [-0.4, -0.2) is 16.8 Å². The van der Waals surface area contributed by atoms with Gasteiger partial charge in [0.25, 0.3) is 5.91 Å². The molecule has 4 rings (SSSR count). The average Bonchev–Trinajstić information content (AvgIpc) is 3.35. The number of halogens is 1. The number of hydrogen-bond donors (Lipinski definition) is 2. The Morgan fingerprint density at radius 3 is 2.62 bits per heavy atom. The molecule has 146 valence electrons. The molecule has 0 atom stereocenters. The van der Waals surface area contributed by atoms with E-state index >= 15 is 0 Å². The Balaban J connectivity index is 1.50. The Kier molecular flexibility index (Phi) is 5.46. The smallest absolute Gasteiger partial charge is 0.291 e. The lowest BCUT2D eigenvalue weighted by Gasteiger charge is -2.03. The highest BCUT2D eigenvalue weighted by Gasteiger charge is 2.14. The largest absolute Gasteiger partial charge is 0.451 e. The van der Waals surface area contributed by atoms with E-state index in [1.807, 2.05) is 30.3 Å². The van der Waals surface area contributed by atoms with E-state index in [0.29, 0.717) is 23.0 Å². The van der Waals surface area contributed by atoms with E-state index in [2.05, 4.69) is 31.5 Å². The summed E-state index contributed by atoms with van der Waals surface area (Å²) < 4.78 is 7.55. The zero-order chi connectivity index (χ0) is 20.4. The summed E-state index contributed by atoms with van der Waals surface area (Å²) in [5.41, 5.74) is 2.27. The molecule has 2 aromatic heterocycles. The third-order valence-corrected chi connectivity index (χ3v) is 5.63. The minimum absolute atomic E-state index is 0.0861. The molecule has 0 unspecified atom stereocenters. The maximum Gasteiger partial charge on any atom is 0.291 e. The summed E-state index contributed by atoms with van der Waals surface area (Å²) >= 11 is 4.76. The van der Waals surface area contributed by atoms with Gasteiger partial charge in [-0.15, -0.1) is 0 Å². The van der Waals surface area contributed by atoms with Crippen molar-refractivity contribution < 1.29 is 14.0 Å². The van der Waals surface area contributed by atoms with E-state index in [1.165, 1.54) is 11.3 Å². The second-order valence-corrected chi connectivity index (χ2v) is 8.17. The molecule has 8 heteroatoms. The molecule has 2 amide bonds. The summed E-state index contributed by atoms with van der Waals surface area (Å²) in [6.45, 7) is 1.78. The highest BCUT2D eigenvalue weighted by molar-refractivity contribution is 9.10. The van der Waals surface area contributed by atoms with Gasteiger partial charge in [-0.3, -0.25) is 9.59 Å². The quantitative estimate of drug-likeness (QED) is 0.379. The Bertz CT molecular complexity index is 1200. The summed E-state index contributed by atoms with van der Waals surface area (Å²) in [6.07, 6.45) is 0.391. The summed E-state index contributed by atoms with van der Waals surface area (Å²) in [5, 5.41) is 6.13. The second kappa shape index (κ2) is 8.18. The summed E-state index contributed by atoms with van der Waals surface area (Å²) in [4.78, 5) is 28.5. The van der Waals surface area contributed by atoms with Crippen molar-refractivity contribution in [1.82, 2.24) is 4.98 Å². The number of hydrogen-bond acceptors (Lipinski definition) is 5. The molecular formula is C21H16BrN3O3S. The normalized spacial score (nSPS) is 10.8. The van der Waals surface area contributed by atoms with Crippen molar-refractivity contribution in [3.8, 4) is 11.3 Å². The molecular weight excluding hydrogens is 454 g/mol. The van der Waals surface area contributed by atoms with Crippen molar-refractivity contribution in [3.63, 3.8) is 0 Å². The molecule has 0 saturated carbocycles. The molecule has 2 heterocycles. The molecule has 2 aromatic carbocycles. The van der Waals surface area contributed by atoms with Gasteiger partial charge in [0, 0.05) is 22.1 Å². The van der Waals surface area contributed by atoms with Crippen molar-refractivity contribution in [1.29, 1.82) is 0 Å². The van der Waals surface area contributed by atoms with Gasteiger partial charge in [-0.2, -0.15) is 0 Å². The van der Waals surface area contributed by atoms with Crippen LogP contribution in [0.25, 0.3) is 21.5 Å². The molecule has 0 aliphatic heterocycles. The first-order valence-corrected chi connectivity index (χ1v) is 10.5. The molecule has 0 bridgehead atoms. The Labute approximate surface area is 179 Å². The standard InChI is InChI=1S/C21H16BrN3O3S/c1-2-19(26)25-21-24-15-8-7-14(11-18(15)29-21)23-20(27)17-10-9-16(28-17)12-3-5-13(22)6-4-12/h3-11H,2H2,1H3,(H,23,27)(H,24,25,26). The monoisotopic (exact) mass is 469 g/mol. The zero-order valence-electron chi connectivity index (χ0n) is 15.4. The Morgan fingerprint density at radius 1 is 1.07 bits per heavy atom. The molecule has 6 nitrogen and oxygen atoms in total. The van der Waals surface area contributed by atoms with Crippen LogP contribution in [0.4, 0.5) is 10.8 Å². The van der Waals surface area contributed by atoms with Gasteiger partial charge in [0.2, 0.25) is 5.91 Å². The van der Waals surface area contributed by atoms with Crippen LogP contribution in [0.3, 0.4) is 0 Å². The van der Waals surface area contributed by atoms with Crippen LogP contribution < -0.4 is 10.6 Å². The van der Waals surface area contributed by atoms with Crippen LogP contribution in [0, 0.1) is 0 Å². The van der Waals surface area contributed by atoms with Crippen molar-refractivity contribution in [2.45, 2.75) is 13.3 Å². The first kappa shape index (κ1) is 19.4. The predicted octanol–water partition coefficient (Wildman–Crippen LogP) is 5.92. The summed E-state index contributed by atoms with van der Waals surface area (Å²) in [7, 11) is 0. The lowest BCUT2D eigenvalue weighted by Crippen LogP contribution is -2.10. The Morgan fingerprint density at radius 2 is 1.86 bits per heavy atom. The van der Waals surface area contributed by atoms with Crippen LogP contribution >= 0.6 is 27.3 Å². The predicted molar refractivity (Wildman–Crippen MR) is 118 cm³/mol. The lowest BCUT2D eigenvalue weighted by atomic mass is 10.2. The van der Waals surface area contributed by atoms with E-state index in [1.54, 1.807) is 31.2 Å². The van der Waals surface area contributed by atoms with Crippen LogP contribution in [0.1, 0.15) is 23.9 Å². The van der Waals surface area contributed by atoms with Crippen LogP contribution in [0.2, 0.25) is 0 Å². The van der Waals surface area contributed by atoms with E-state index in [4.69, 9.17) is 4.42 Å². The fourth-order valence-corrected chi connectivity index (χ4v) is 3.87. The molecule has 0 radical (unpaired) electrons. The second-order valence-electron chi connectivity index (χ2n) is 6.23. The highest BCUT2D eigenvalue weighted by Crippen LogP contribution is 2.29. The Hall–Kier alpha value is -2.97. The molecule has 0 aliphatic carbocycles. The average molecular weight is 470 g/mol. The number of aromatic nitrogens is 1. The molecule has 4 aromatic rings. The van der Waals surface area contributed by atoms with Gasteiger partial charge in [-0.1, -0.05) is 46.3 Å². The number of furan rings is 1. The maximum absolute atomic E-state index is 12.6. The number of benzene rings is 2. The van der Waals surface area contributed by atoms with Crippen molar-refractivity contribution in [2.75, 3.05) is 10.6 Å². The van der Waals surface area contributed by atoms with Crippen molar-refractivity contribution >= 4 is 60.1 Å². The van der Waals surface area contributed by atoms with E-state index in [0.717, 1.165) is 20.3 Å². The van der Waals surface area contributed by atoms with Crippen molar-refractivity contribution in [2.24, 2.45) is 0 Å². The van der Waals surface area contributed by atoms with E-state index in [-0.39, 0.29) is 17.6 Å².